The average Bonchev–Trinajstić information content (AvgIpc) is 2.70. The summed E-state index contributed by atoms with van der Waals surface area (Å²) in [6.07, 6.45) is -6.15. The van der Waals surface area contributed by atoms with Crippen LogP contribution in [0.15, 0.2) is 18.2 Å². The number of hydrogen-bond donors (Lipinski definition) is 5. The number of benzene rings is 1. The summed E-state index contributed by atoms with van der Waals surface area (Å²) in [6, 6.07) is 4.69. The van der Waals surface area contributed by atoms with Crippen LogP contribution in [0.5, 0.6) is 5.75 Å². The first-order valence-corrected chi connectivity index (χ1v) is 10.2. The minimum absolute atomic E-state index is 0.115. The molecular formula is C21H30F3N3O7. The molecule has 192 valence electrons. The number of carbonyl (C=O) groups is 4. The normalized spacial score (nSPS) is 11.8. The molecule has 34 heavy (non-hydrogen) atoms. The van der Waals surface area contributed by atoms with Crippen LogP contribution >= 0.6 is 0 Å². The van der Waals surface area contributed by atoms with Gasteiger partial charge in [0.25, 0.3) is 0 Å². The fourth-order valence-electron chi connectivity index (χ4n) is 2.49. The Kier molecular flexibility index (Phi) is 12.6. The van der Waals surface area contributed by atoms with Crippen molar-refractivity contribution in [1.82, 2.24) is 10.6 Å². The number of rotatable bonds is 9. The van der Waals surface area contributed by atoms with Crippen LogP contribution in [0.25, 0.3) is 0 Å². The number of ether oxygens (including phenoxy) is 1. The largest absolute Gasteiger partial charge is 0.490 e. The number of carboxylic acid groups (broad SMARTS) is 2. The van der Waals surface area contributed by atoms with E-state index >= 15 is 0 Å². The molecule has 2 amide bonds. The molecule has 0 spiro atoms. The van der Waals surface area contributed by atoms with Gasteiger partial charge in [-0.1, -0.05) is 45.9 Å². The molecule has 1 aromatic rings. The highest BCUT2D eigenvalue weighted by Gasteiger charge is 2.38. The van der Waals surface area contributed by atoms with Crippen molar-refractivity contribution in [1.29, 1.82) is 0 Å². The molecule has 6 N–H and O–H groups in total. The van der Waals surface area contributed by atoms with Crippen molar-refractivity contribution in [2.75, 3.05) is 13.1 Å². The van der Waals surface area contributed by atoms with Gasteiger partial charge < -0.3 is 31.3 Å². The maximum atomic E-state index is 12.1. The van der Waals surface area contributed by atoms with E-state index in [0.717, 1.165) is 11.1 Å². The summed E-state index contributed by atoms with van der Waals surface area (Å²) >= 11 is 0. The van der Waals surface area contributed by atoms with E-state index in [1.807, 2.05) is 45.9 Å². The molecule has 0 aliphatic rings. The SMILES string of the molecule is CC(C)c1cccc(C(C)C)c1OC(=O)NCCNC(=O)[C@@H](N)CC(=O)O.O=C(O)C(F)(F)F. The Morgan fingerprint density at radius 1 is 0.971 bits per heavy atom. The summed E-state index contributed by atoms with van der Waals surface area (Å²) < 4.78 is 37.3. The molecule has 0 unspecified atom stereocenters. The van der Waals surface area contributed by atoms with Gasteiger partial charge in [-0.15, -0.1) is 0 Å². The number of amides is 2. The second kappa shape index (κ2) is 14.0. The lowest BCUT2D eigenvalue weighted by atomic mass is 9.94. The number of alkyl halides is 3. The number of nitrogens with two attached hydrogens (primary N) is 1. The van der Waals surface area contributed by atoms with Crippen molar-refractivity contribution in [3.8, 4) is 5.75 Å². The van der Waals surface area contributed by atoms with Gasteiger partial charge in [-0.25, -0.2) is 9.59 Å². The van der Waals surface area contributed by atoms with E-state index in [2.05, 4.69) is 10.6 Å². The number of carboxylic acids is 2. The highest BCUT2D eigenvalue weighted by Crippen LogP contribution is 2.34. The van der Waals surface area contributed by atoms with Crippen LogP contribution in [-0.2, 0) is 14.4 Å². The Balaban J connectivity index is 0.00000135. The number of carbonyl (C=O) groups excluding carboxylic acids is 2. The fraction of sp³-hybridized carbons (Fsp3) is 0.524. The zero-order chi connectivity index (χ0) is 26.6. The lowest BCUT2D eigenvalue weighted by molar-refractivity contribution is -0.192. The minimum Gasteiger partial charge on any atom is -0.481 e. The van der Waals surface area contributed by atoms with Gasteiger partial charge in [0.1, 0.15) is 5.75 Å². The highest BCUT2D eigenvalue weighted by atomic mass is 19.4. The van der Waals surface area contributed by atoms with E-state index < -0.39 is 42.6 Å². The van der Waals surface area contributed by atoms with Crippen molar-refractivity contribution >= 4 is 23.9 Å². The molecule has 1 aromatic carbocycles. The molecule has 0 aliphatic carbocycles. The van der Waals surface area contributed by atoms with Crippen LogP contribution in [0.2, 0.25) is 0 Å². The van der Waals surface area contributed by atoms with Gasteiger partial charge in [-0.3, -0.25) is 9.59 Å². The number of nitrogens with one attached hydrogen (secondary N) is 2. The van der Waals surface area contributed by atoms with Crippen LogP contribution in [-0.4, -0.2) is 59.5 Å². The van der Waals surface area contributed by atoms with E-state index in [1.165, 1.54) is 0 Å². The molecule has 0 heterocycles. The van der Waals surface area contributed by atoms with Crippen molar-refractivity contribution in [2.24, 2.45) is 5.73 Å². The third-order valence-electron chi connectivity index (χ3n) is 4.18. The predicted molar refractivity (Wildman–Crippen MR) is 116 cm³/mol. The zero-order valence-corrected chi connectivity index (χ0v) is 19.2. The van der Waals surface area contributed by atoms with Gasteiger partial charge >= 0.3 is 24.2 Å². The maximum Gasteiger partial charge on any atom is 0.490 e. The Labute approximate surface area is 194 Å². The molecule has 0 radical (unpaired) electrons. The van der Waals surface area contributed by atoms with Gasteiger partial charge in [-0.05, 0) is 23.0 Å². The lowest BCUT2D eigenvalue weighted by Crippen LogP contribution is -2.44. The van der Waals surface area contributed by atoms with E-state index in [4.69, 9.17) is 25.5 Å². The smallest absolute Gasteiger partial charge is 0.481 e. The van der Waals surface area contributed by atoms with E-state index in [9.17, 15) is 27.6 Å². The van der Waals surface area contributed by atoms with Crippen LogP contribution in [0.4, 0.5) is 18.0 Å². The summed E-state index contributed by atoms with van der Waals surface area (Å²) in [5.74, 6) is -3.54. The summed E-state index contributed by atoms with van der Waals surface area (Å²) in [5.41, 5.74) is 7.34. The zero-order valence-electron chi connectivity index (χ0n) is 19.2. The molecule has 0 bridgehead atoms. The van der Waals surface area contributed by atoms with Crippen LogP contribution in [0.3, 0.4) is 0 Å². The second-order valence-corrected chi connectivity index (χ2v) is 7.69. The van der Waals surface area contributed by atoms with Gasteiger partial charge in [0.15, 0.2) is 0 Å². The molecule has 1 atom stereocenters. The first-order valence-electron chi connectivity index (χ1n) is 10.2. The molecule has 13 heteroatoms. The van der Waals surface area contributed by atoms with E-state index in [-0.39, 0.29) is 24.9 Å². The molecule has 1 rings (SSSR count). The predicted octanol–water partition coefficient (Wildman–Crippen LogP) is 2.57. The van der Waals surface area contributed by atoms with E-state index in [0.29, 0.717) is 5.75 Å². The Bertz CT molecular complexity index is 832. The van der Waals surface area contributed by atoms with Gasteiger partial charge in [0, 0.05) is 13.1 Å². The highest BCUT2D eigenvalue weighted by molar-refractivity contribution is 5.85. The van der Waals surface area contributed by atoms with Crippen LogP contribution < -0.4 is 21.1 Å². The van der Waals surface area contributed by atoms with Crippen molar-refractivity contribution in [2.45, 2.75) is 58.2 Å². The minimum atomic E-state index is -5.08. The van der Waals surface area contributed by atoms with Gasteiger partial charge in [0.2, 0.25) is 5.91 Å². The summed E-state index contributed by atoms with van der Waals surface area (Å²) in [5, 5.41) is 20.8. The molecule has 0 aromatic heterocycles. The molecule has 0 aliphatic heterocycles. The Morgan fingerprint density at radius 3 is 1.79 bits per heavy atom. The number of hydrogen-bond acceptors (Lipinski definition) is 6. The maximum absolute atomic E-state index is 12.1. The first kappa shape index (κ1) is 30.6. The van der Waals surface area contributed by atoms with Crippen molar-refractivity contribution < 1.29 is 47.3 Å². The van der Waals surface area contributed by atoms with Gasteiger partial charge in [-0.2, -0.15) is 13.2 Å². The number of halogens is 3. The topological polar surface area (TPSA) is 168 Å². The molecule has 0 saturated carbocycles. The molecule has 0 fully saturated rings. The lowest BCUT2D eigenvalue weighted by Gasteiger charge is -2.19. The quantitative estimate of drug-likeness (QED) is 0.327. The van der Waals surface area contributed by atoms with Crippen LogP contribution in [0, 0.1) is 0 Å². The third-order valence-corrected chi connectivity index (χ3v) is 4.18. The Morgan fingerprint density at radius 2 is 1.41 bits per heavy atom. The molecule has 10 nitrogen and oxygen atoms in total. The third kappa shape index (κ3) is 11.5. The summed E-state index contributed by atoms with van der Waals surface area (Å²) in [7, 11) is 0. The Hall–Kier alpha value is -3.35. The fourth-order valence-corrected chi connectivity index (χ4v) is 2.49. The van der Waals surface area contributed by atoms with Crippen LogP contribution in [0.1, 0.15) is 57.1 Å². The van der Waals surface area contributed by atoms with Gasteiger partial charge in [0.05, 0.1) is 12.5 Å². The molecular weight excluding hydrogens is 463 g/mol. The summed E-state index contributed by atoms with van der Waals surface area (Å²) in [6.45, 7) is 8.36. The number of aliphatic carboxylic acids is 2. The van der Waals surface area contributed by atoms with Crippen molar-refractivity contribution in [3.63, 3.8) is 0 Å². The summed E-state index contributed by atoms with van der Waals surface area (Å²) in [4.78, 5) is 43.2. The monoisotopic (exact) mass is 493 g/mol. The second-order valence-electron chi connectivity index (χ2n) is 7.69. The van der Waals surface area contributed by atoms with Crippen molar-refractivity contribution in [3.05, 3.63) is 29.3 Å². The average molecular weight is 493 g/mol. The molecule has 0 saturated heterocycles. The number of para-hydroxylation sites is 1. The first-order chi connectivity index (χ1) is 15.6. The standard InChI is InChI=1S/C19H29N3O5.C2HF3O2/c1-11(2)13-6-5-7-14(12(3)4)17(13)27-19(26)22-9-8-21-18(25)15(20)10-16(23)24;3-2(4,5)1(6)7/h5-7,11-12,15H,8-10,20H2,1-4H3,(H,21,25)(H,22,26)(H,23,24);(H,6,7)/t15-;/m0./s1. The van der Waals surface area contributed by atoms with E-state index in [1.54, 1.807) is 0 Å².